The summed E-state index contributed by atoms with van der Waals surface area (Å²) in [6.07, 6.45) is 3.47. The molecule has 19 heavy (non-hydrogen) atoms. The molecule has 0 unspecified atom stereocenters. The topological polar surface area (TPSA) is 84.7 Å². The summed E-state index contributed by atoms with van der Waals surface area (Å²) in [4.78, 5) is 22.6. The third kappa shape index (κ3) is 4.10. The summed E-state index contributed by atoms with van der Waals surface area (Å²) in [6, 6.07) is 5.27. The zero-order chi connectivity index (χ0) is 13.7. The molecule has 2 aromatic heterocycles. The SMILES string of the molecule is CCCc1cc(=O)[nH]c(SCc2ccnc(N)c2)n1. The summed E-state index contributed by atoms with van der Waals surface area (Å²) < 4.78 is 0. The Morgan fingerprint density at radius 2 is 2.26 bits per heavy atom. The zero-order valence-electron chi connectivity index (χ0n) is 10.7. The molecule has 0 amide bonds. The molecule has 0 aromatic carbocycles. The van der Waals surface area contributed by atoms with Crippen LogP contribution in [0.3, 0.4) is 0 Å². The van der Waals surface area contributed by atoms with E-state index in [1.165, 1.54) is 11.8 Å². The fourth-order valence-corrected chi connectivity index (χ4v) is 2.51. The van der Waals surface area contributed by atoms with E-state index in [2.05, 4.69) is 21.9 Å². The first-order valence-corrected chi connectivity index (χ1v) is 7.09. The number of nitrogens with one attached hydrogen (secondary N) is 1. The van der Waals surface area contributed by atoms with Gasteiger partial charge in [0.05, 0.1) is 0 Å². The summed E-state index contributed by atoms with van der Waals surface area (Å²) in [5.74, 6) is 1.20. The lowest BCUT2D eigenvalue weighted by molar-refractivity contribution is 0.816. The van der Waals surface area contributed by atoms with E-state index < -0.39 is 0 Å². The predicted octanol–water partition coefficient (Wildman–Crippen LogP) is 1.99. The molecule has 100 valence electrons. The number of rotatable bonds is 5. The van der Waals surface area contributed by atoms with Gasteiger partial charge in [0, 0.05) is 23.7 Å². The van der Waals surface area contributed by atoms with Gasteiger partial charge in [-0.2, -0.15) is 0 Å². The van der Waals surface area contributed by atoms with Gasteiger partial charge < -0.3 is 10.7 Å². The van der Waals surface area contributed by atoms with Gasteiger partial charge in [-0.1, -0.05) is 25.1 Å². The van der Waals surface area contributed by atoms with Crippen LogP contribution >= 0.6 is 11.8 Å². The molecule has 0 saturated carbocycles. The number of aromatic amines is 1. The van der Waals surface area contributed by atoms with E-state index in [1.807, 2.05) is 12.1 Å². The number of hydrogen-bond donors (Lipinski definition) is 2. The Hall–Kier alpha value is -1.82. The molecule has 0 aliphatic rings. The molecule has 0 bridgehead atoms. The molecule has 5 nitrogen and oxygen atoms in total. The summed E-state index contributed by atoms with van der Waals surface area (Å²) in [7, 11) is 0. The lowest BCUT2D eigenvalue weighted by Crippen LogP contribution is -2.10. The Morgan fingerprint density at radius 1 is 1.42 bits per heavy atom. The van der Waals surface area contributed by atoms with Crippen molar-refractivity contribution in [2.75, 3.05) is 5.73 Å². The monoisotopic (exact) mass is 276 g/mol. The summed E-state index contributed by atoms with van der Waals surface area (Å²) in [6.45, 7) is 2.06. The Bertz CT molecular complexity index is 612. The second-order valence-corrected chi connectivity index (χ2v) is 5.13. The Morgan fingerprint density at radius 3 is 3.00 bits per heavy atom. The molecule has 0 radical (unpaired) electrons. The lowest BCUT2D eigenvalue weighted by Gasteiger charge is -2.04. The van der Waals surface area contributed by atoms with E-state index >= 15 is 0 Å². The number of anilines is 1. The Kier molecular flexibility index (Phi) is 4.57. The van der Waals surface area contributed by atoms with Crippen molar-refractivity contribution in [3.63, 3.8) is 0 Å². The minimum absolute atomic E-state index is 0.102. The summed E-state index contributed by atoms with van der Waals surface area (Å²) >= 11 is 1.49. The molecule has 0 atom stereocenters. The lowest BCUT2D eigenvalue weighted by atomic mass is 10.2. The van der Waals surface area contributed by atoms with Crippen LogP contribution in [0.4, 0.5) is 5.82 Å². The maximum atomic E-state index is 11.5. The van der Waals surface area contributed by atoms with Crippen molar-refractivity contribution < 1.29 is 0 Å². The molecular formula is C13H16N4OS. The number of aryl methyl sites for hydroxylation is 1. The van der Waals surface area contributed by atoms with Crippen LogP contribution in [0.25, 0.3) is 0 Å². The third-order valence-electron chi connectivity index (χ3n) is 2.50. The van der Waals surface area contributed by atoms with Crippen molar-refractivity contribution in [1.82, 2.24) is 15.0 Å². The molecule has 2 heterocycles. The van der Waals surface area contributed by atoms with Crippen molar-refractivity contribution in [3.8, 4) is 0 Å². The van der Waals surface area contributed by atoms with Gasteiger partial charge in [0.25, 0.3) is 5.56 Å². The van der Waals surface area contributed by atoms with Crippen LogP contribution in [0, 0.1) is 0 Å². The van der Waals surface area contributed by atoms with Crippen LogP contribution in [0.1, 0.15) is 24.6 Å². The number of nitrogens with two attached hydrogens (primary N) is 1. The molecule has 0 aliphatic heterocycles. The largest absolute Gasteiger partial charge is 0.384 e. The van der Waals surface area contributed by atoms with E-state index in [-0.39, 0.29) is 5.56 Å². The highest BCUT2D eigenvalue weighted by Crippen LogP contribution is 2.19. The third-order valence-corrected chi connectivity index (χ3v) is 3.44. The number of nitrogens with zero attached hydrogens (tertiary/aromatic N) is 2. The van der Waals surface area contributed by atoms with Gasteiger partial charge in [0.2, 0.25) is 0 Å². The molecular weight excluding hydrogens is 260 g/mol. The average molecular weight is 276 g/mol. The molecule has 2 rings (SSSR count). The number of pyridine rings is 1. The fraction of sp³-hybridized carbons (Fsp3) is 0.308. The van der Waals surface area contributed by atoms with Gasteiger partial charge >= 0.3 is 0 Å². The number of hydrogen-bond acceptors (Lipinski definition) is 5. The van der Waals surface area contributed by atoms with Crippen molar-refractivity contribution in [2.45, 2.75) is 30.7 Å². The van der Waals surface area contributed by atoms with Gasteiger partial charge in [-0.15, -0.1) is 0 Å². The van der Waals surface area contributed by atoms with Gasteiger partial charge in [-0.3, -0.25) is 4.79 Å². The van der Waals surface area contributed by atoms with Crippen LogP contribution in [0.5, 0.6) is 0 Å². The Labute approximate surface area is 115 Å². The molecule has 2 aromatic rings. The van der Waals surface area contributed by atoms with Crippen molar-refractivity contribution in [2.24, 2.45) is 0 Å². The first kappa shape index (κ1) is 13.6. The maximum Gasteiger partial charge on any atom is 0.251 e. The molecule has 0 spiro atoms. The second kappa shape index (κ2) is 6.38. The second-order valence-electron chi connectivity index (χ2n) is 4.17. The highest BCUT2D eigenvalue weighted by atomic mass is 32.2. The van der Waals surface area contributed by atoms with Crippen molar-refractivity contribution >= 4 is 17.6 Å². The van der Waals surface area contributed by atoms with Crippen LogP contribution < -0.4 is 11.3 Å². The zero-order valence-corrected chi connectivity index (χ0v) is 11.5. The van der Waals surface area contributed by atoms with Crippen LogP contribution in [-0.2, 0) is 12.2 Å². The Balaban J connectivity index is 2.09. The van der Waals surface area contributed by atoms with Crippen LogP contribution in [-0.4, -0.2) is 15.0 Å². The number of nitrogen functional groups attached to an aromatic ring is 1. The molecule has 3 N–H and O–H groups in total. The smallest absolute Gasteiger partial charge is 0.251 e. The van der Waals surface area contributed by atoms with Gasteiger partial charge in [-0.05, 0) is 24.1 Å². The van der Waals surface area contributed by atoms with Gasteiger partial charge in [0.15, 0.2) is 5.16 Å². The molecule has 6 heteroatoms. The van der Waals surface area contributed by atoms with E-state index in [1.54, 1.807) is 12.3 Å². The van der Waals surface area contributed by atoms with Crippen molar-refractivity contribution in [3.05, 3.63) is 46.0 Å². The quantitative estimate of drug-likeness (QED) is 0.644. The number of H-pyrrole nitrogens is 1. The van der Waals surface area contributed by atoms with Crippen LogP contribution in [0.2, 0.25) is 0 Å². The number of thioether (sulfide) groups is 1. The van der Waals surface area contributed by atoms with E-state index in [0.29, 0.717) is 16.7 Å². The predicted molar refractivity (Wildman–Crippen MR) is 77.1 cm³/mol. The maximum absolute atomic E-state index is 11.5. The van der Waals surface area contributed by atoms with Crippen molar-refractivity contribution in [1.29, 1.82) is 0 Å². The van der Waals surface area contributed by atoms with E-state index in [4.69, 9.17) is 5.73 Å². The van der Waals surface area contributed by atoms with Gasteiger partial charge in [0.1, 0.15) is 5.82 Å². The standard InChI is InChI=1S/C13H16N4OS/c1-2-3-10-7-12(18)17-13(16-10)19-8-9-4-5-15-11(14)6-9/h4-7H,2-3,8H2,1H3,(H2,14,15)(H,16,17,18). The minimum atomic E-state index is -0.102. The highest BCUT2D eigenvalue weighted by Gasteiger charge is 2.03. The van der Waals surface area contributed by atoms with E-state index in [9.17, 15) is 4.79 Å². The summed E-state index contributed by atoms with van der Waals surface area (Å²) in [5, 5.41) is 0.645. The first-order valence-electron chi connectivity index (χ1n) is 6.11. The summed E-state index contributed by atoms with van der Waals surface area (Å²) in [5.41, 5.74) is 7.41. The first-order chi connectivity index (χ1) is 9.17. The molecule has 0 saturated heterocycles. The minimum Gasteiger partial charge on any atom is -0.384 e. The normalized spacial score (nSPS) is 10.6. The van der Waals surface area contributed by atoms with Crippen LogP contribution in [0.15, 0.2) is 34.3 Å². The van der Waals surface area contributed by atoms with Gasteiger partial charge in [-0.25, -0.2) is 9.97 Å². The average Bonchev–Trinajstić information content (AvgIpc) is 2.36. The molecule has 0 aliphatic carbocycles. The highest BCUT2D eigenvalue weighted by molar-refractivity contribution is 7.98. The molecule has 0 fully saturated rings. The van der Waals surface area contributed by atoms with E-state index in [0.717, 1.165) is 24.1 Å². The number of aromatic nitrogens is 3. The fourth-order valence-electron chi connectivity index (χ4n) is 1.67.